The van der Waals surface area contributed by atoms with Crippen LogP contribution < -0.4 is 5.73 Å². The minimum absolute atomic E-state index is 0.0359. The Kier molecular flexibility index (Phi) is 5.88. The summed E-state index contributed by atoms with van der Waals surface area (Å²) in [6.45, 7) is 1.50. The summed E-state index contributed by atoms with van der Waals surface area (Å²) >= 11 is 0. The molecule has 0 spiro atoms. The second-order valence-electron chi connectivity index (χ2n) is 10.8. The maximum absolute atomic E-state index is 13.3. The number of amides is 1. The molecule has 0 radical (unpaired) electrons. The molecule has 5 aromatic rings. The molecule has 41 heavy (non-hydrogen) atoms. The van der Waals surface area contributed by atoms with Gasteiger partial charge >= 0.3 is 0 Å². The van der Waals surface area contributed by atoms with Crippen LogP contribution in [0.25, 0.3) is 28.0 Å². The van der Waals surface area contributed by atoms with Crippen LogP contribution in [0.5, 0.6) is 0 Å². The number of hydrogen-bond acceptors (Lipinski definition) is 7. The lowest BCUT2D eigenvalue weighted by Crippen LogP contribution is -2.46. The number of carbonyl (C=O) groups excluding carboxylic acids is 2. The van der Waals surface area contributed by atoms with E-state index >= 15 is 0 Å². The van der Waals surface area contributed by atoms with E-state index in [1.54, 1.807) is 36.8 Å². The van der Waals surface area contributed by atoms with Gasteiger partial charge in [0.05, 0.1) is 23.1 Å². The van der Waals surface area contributed by atoms with Crippen LogP contribution in [0.2, 0.25) is 0 Å². The Balaban J connectivity index is 1.25. The number of anilines is 1. The number of nitrogens with one attached hydrogen (secondary N) is 1. The number of aromatic amines is 1. The molecule has 3 N–H and O–H groups in total. The Morgan fingerprint density at radius 2 is 1.73 bits per heavy atom. The number of pyridine rings is 1. The summed E-state index contributed by atoms with van der Waals surface area (Å²) in [5.41, 5.74) is 11.7. The van der Waals surface area contributed by atoms with Crippen LogP contribution >= 0.6 is 0 Å². The van der Waals surface area contributed by atoms with Crippen LogP contribution in [0.3, 0.4) is 0 Å². The first-order chi connectivity index (χ1) is 19.9. The monoisotopic (exact) mass is 550 g/mol. The number of benzene rings is 1. The molecule has 2 aliphatic heterocycles. The molecular formula is C30H27FN8O2. The third-order valence-corrected chi connectivity index (χ3v) is 8.36. The van der Waals surface area contributed by atoms with Gasteiger partial charge in [-0.25, -0.2) is 9.37 Å². The van der Waals surface area contributed by atoms with Crippen molar-refractivity contribution in [2.75, 3.05) is 5.73 Å². The lowest BCUT2D eigenvalue weighted by Gasteiger charge is -2.39. The smallest absolute Gasteiger partial charge is 0.272 e. The van der Waals surface area contributed by atoms with Gasteiger partial charge in [-0.15, -0.1) is 0 Å². The number of H-pyrrole nitrogens is 1. The number of hydrogen-bond donors (Lipinski definition) is 2. The summed E-state index contributed by atoms with van der Waals surface area (Å²) in [4.78, 5) is 37.7. The molecule has 1 amide bonds. The molecule has 206 valence electrons. The number of Topliss-reactive ketones (excluding diaryl/α,β-unsaturated/α-hetero) is 1. The number of rotatable bonds is 5. The van der Waals surface area contributed by atoms with E-state index in [0.29, 0.717) is 41.1 Å². The van der Waals surface area contributed by atoms with Crippen LogP contribution in [0.15, 0.2) is 61.1 Å². The Bertz CT molecular complexity index is 1770. The number of nitrogens with zero attached hydrogens (tertiary/aromatic N) is 6. The highest BCUT2D eigenvalue weighted by atomic mass is 19.1. The lowest BCUT2D eigenvalue weighted by molar-refractivity contribution is 0.0562. The summed E-state index contributed by atoms with van der Waals surface area (Å²) in [5.74, 6) is -0.297. The van der Waals surface area contributed by atoms with E-state index in [9.17, 15) is 14.0 Å². The quantitative estimate of drug-likeness (QED) is 0.304. The van der Waals surface area contributed by atoms with E-state index in [1.165, 1.54) is 23.6 Å². The zero-order valence-electron chi connectivity index (χ0n) is 22.3. The van der Waals surface area contributed by atoms with Crippen molar-refractivity contribution in [3.8, 4) is 22.4 Å². The van der Waals surface area contributed by atoms with Gasteiger partial charge in [0.1, 0.15) is 17.3 Å². The summed E-state index contributed by atoms with van der Waals surface area (Å²) in [5, 5.41) is 11.2. The van der Waals surface area contributed by atoms with Crippen molar-refractivity contribution >= 4 is 23.2 Å². The topological polar surface area (TPSA) is 135 Å². The van der Waals surface area contributed by atoms with Gasteiger partial charge in [0.15, 0.2) is 11.4 Å². The number of piperidine rings is 1. The lowest BCUT2D eigenvalue weighted by atomic mass is 9.85. The molecule has 0 saturated carbocycles. The Morgan fingerprint density at radius 3 is 2.37 bits per heavy atom. The molecule has 3 atom stereocenters. The number of halogens is 1. The highest BCUT2D eigenvalue weighted by Gasteiger charge is 2.45. The molecule has 2 bridgehead atoms. The predicted octanol–water partition coefficient (Wildman–Crippen LogP) is 4.66. The molecule has 2 saturated heterocycles. The fourth-order valence-electron chi connectivity index (χ4n) is 6.48. The van der Waals surface area contributed by atoms with E-state index in [-0.39, 0.29) is 41.3 Å². The predicted molar refractivity (Wildman–Crippen MR) is 150 cm³/mol. The van der Waals surface area contributed by atoms with E-state index < -0.39 is 0 Å². The Morgan fingerprint density at radius 1 is 1.00 bits per heavy atom. The van der Waals surface area contributed by atoms with Crippen molar-refractivity contribution in [1.82, 2.24) is 34.7 Å². The van der Waals surface area contributed by atoms with Gasteiger partial charge in [-0.1, -0.05) is 6.07 Å². The van der Waals surface area contributed by atoms with Gasteiger partial charge in [-0.3, -0.25) is 19.7 Å². The number of fused-ring (bicyclic) bond motifs is 3. The Labute approximate surface area is 234 Å². The molecule has 2 fully saturated rings. The van der Waals surface area contributed by atoms with Gasteiger partial charge in [0.25, 0.3) is 5.91 Å². The molecule has 1 unspecified atom stereocenters. The largest absolute Gasteiger partial charge is 0.383 e. The van der Waals surface area contributed by atoms with Crippen LogP contribution in [0, 0.1) is 5.82 Å². The van der Waals surface area contributed by atoms with Crippen molar-refractivity contribution in [3.05, 3.63) is 83.8 Å². The van der Waals surface area contributed by atoms with Gasteiger partial charge in [0, 0.05) is 47.1 Å². The van der Waals surface area contributed by atoms with Gasteiger partial charge < -0.3 is 10.6 Å². The average molecular weight is 551 g/mol. The first-order valence-corrected chi connectivity index (χ1v) is 13.6. The number of ketones is 1. The van der Waals surface area contributed by atoms with Crippen LogP contribution in [0.4, 0.5) is 10.2 Å². The standard InChI is InChI=1S/C30H27FN8O2/c1-16(40)26-27(19-12-21-7-8-22(13-19)38(21)30(41)25-10-11-34-37-25)36-29-23(15-35-39(29)28(26)32)18-4-9-24(33-14-18)17-2-5-20(31)6-3-17/h2-6,9-11,14-15,19,21-22H,7-8,12-13,32H2,1H3,(H,34,37)/t19?,21-,22+. The number of nitrogens with two attached hydrogens (primary N) is 1. The highest BCUT2D eigenvalue weighted by molar-refractivity contribution is 6.00. The molecule has 1 aromatic carbocycles. The minimum atomic E-state index is -0.302. The van der Waals surface area contributed by atoms with Crippen LogP contribution in [-0.2, 0) is 0 Å². The number of carbonyl (C=O) groups is 2. The summed E-state index contributed by atoms with van der Waals surface area (Å²) in [7, 11) is 0. The Hall–Kier alpha value is -4.93. The van der Waals surface area contributed by atoms with Crippen molar-refractivity contribution < 1.29 is 14.0 Å². The number of nitrogen functional groups attached to an aromatic ring is 1. The normalized spacial score (nSPS) is 20.0. The van der Waals surface area contributed by atoms with E-state index in [4.69, 9.17) is 10.7 Å². The zero-order valence-corrected chi connectivity index (χ0v) is 22.3. The summed E-state index contributed by atoms with van der Waals surface area (Å²) < 4.78 is 14.9. The van der Waals surface area contributed by atoms with E-state index in [1.807, 2.05) is 17.0 Å². The van der Waals surface area contributed by atoms with Crippen LogP contribution in [-0.4, -0.2) is 58.5 Å². The van der Waals surface area contributed by atoms with Crippen molar-refractivity contribution in [2.45, 2.75) is 50.6 Å². The molecule has 2 aliphatic rings. The first kappa shape index (κ1) is 25.1. The SMILES string of the molecule is CC(=O)c1c(C2C[C@H]3CC[C@@H](C2)N3C(=O)c2ccn[nH]2)nc2c(-c3ccc(-c4ccc(F)cc4)nc3)cnn2c1N. The molecule has 6 heterocycles. The van der Waals surface area contributed by atoms with Gasteiger partial charge in [-0.2, -0.15) is 14.7 Å². The molecule has 10 nitrogen and oxygen atoms in total. The fourth-order valence-corrected chi connectivity index (χ4v) is 6.48. The molecule has 4 aromatic heterocycles. The molecule has 0 aliphatic carbocycles. The second kappa shape index (κ2) is 9.61. The highest BCUT2D eigenvalue weighted by Crippen LogP contribution is 2.45. The second-order valence-corrected chi connectivity index (χ2v) is 10.8. The van der Waals surface area contributed by atoms with Crippen LogP contribution in [0.1, 0.15) is 65.1 Å². The maximum atomic E-state index is 13.3. The van der Waals surface area contributed by atoms with E-state index in [0.717, 1.165) is 29.5 Å². The maximum Gasteiger partial charge on any atom is 0.272 e. The van der Waals surface area contributed by atoms with Crippen molar-refractivity contribution in [2.24, 2.45) is 0 Å². The first-order valence-electron chi connectivity index (χ1n) is 13.6. The van der Waals surface area contributed by atoms with Gasteiger partial charge in [-0.05, 0) is 69.0 Å². The van der Waals surface area contributed by atoms with Crippen molar-refractivity contribution in [3.63, 3.8) is 0 Å². The third-order valence-electron chi connectivity index (χ3n) is 8.36. The van der Waals surface area contributed by atoms with Crippen molar-refractivity contribution in [1.29, 1.82) is 0 Å². The third kappa shape index (κ3) is 4.16. The fraction of sp³-hybridized carbons (Fsp3) is 0.267. The van der Waals surface area contributed by atoms with E-state index in [2.05, 4.69) is 20.3 Å². The molecular weight excluding hydrogens is 523 g/mol. The summed E-state index contributed by atoms with van der Waals surface area (Å²) in [6, 6.07) is 11.7. The summed E-state index contributed by atoms with van der Waals surface area (Å²) in [6.07, 6.45) is 8.17. The van der Waals surface area contributed by atoms with Gasteiger partial charge in [0.2, 0.25) is 0 Å². The number of aromatic nitrogens is 6. The average Bonchev–Trinajstić information content (AvgIpc) is 3.71. The molecule has 7 rings (SSSR count). The zero-order chi connectivity index (χ0) is 28.2. The minimum Gasteiger partial charge on any atom is -0.383 e. The molecule has 11 heteroatoms.